The molecule has 0 N–H and O–H groups in total. The average molecular weight is 303 g/mol. The minimum atomic E-state index is 0.394. The SMILES string of the molecule is CCC([C+]1N=CC=N1)C(Cc1ccccc1)Cc1ccccc1. The second kappa shape index (κ2) is 7.77. The van der Waals surface area contributed by atoms with Gasteiger partial charge in [-0.3, -0.25) is 0 Å². The van der Waals surface area contributed by atoms with Crippen molar-refractivity contribution in [1.82, 2.24) is 0 Å². The molecule has 0 saturated carbocycles. The number of hydrogen-bond acceptors (Lipinski definition) is 2. The summed E-state index contributed by atoms with van der Waals surface area (Å²) in [5.74, 6) is 0.901. The van der Waals surface area contributed by atoms with E-state index in [1.54, 1.807) is 12.4 Å². The highest BCUT2D eigenvalue weighted by molar-refractivity contribution is 6.18. The minimum Gasteiger partial charge on any atom is -0.0965 e. The summed E-state index contributed by atoms with van der Waals surface area (Å²) in [4.78, 5) is 8.96. The molecule has 2 nitrogen and oxygen atoms in total. The summed E-state index contributed by atoms with van der Waals surface area (Å²) in [5, 5.41) is 0. The second-order valence-electron chi connectivity index (χ2n) is 6.07. The van der Waals surface area contributed by atoms with Crippen LogP contribution in [-0.2, 0) is 12.8 Å². The molecule has 1 aliphatic rings. The molecule has 0 fully saturated rings. The molecule has 0 saturated heterocycles. The molecule has 1 heterocycles. The molecule has 2 aromatic carbocycles. The molecule has 1 aliphatic heterocycles. The number of rotatable bonds is 7. The Bertz CT molecular complexity index is 593. The lowest BCUT2D eigenvalue weighted by molar-refractivity contribution is 0.326. The largest absolute Gasteiger partial charge is 0.244 e. The van der Waals surface area contributed by atoms with E-state index in [0.29, 0.717) is 11.8 Å². The summed E-state index contributed by atoms with van der Waals surface area (Å²) >= 11 is 0. The highest BCUT2D eigenvalue weighted by Gasteiger charge is 2.34. The quantitative estimate of drug-likeness (QED) is 0.659. The third-order valence-corrected chi connectivity index (χ3v) is 4.50. The standard InChI is InChI=1S/C21H23N2/c1-2-20(21-22-13-14-23-21)19(15-17-9-5-3-6-10-17)16-18-11-7-4-8-12-18/h3-14,19-20H,2,15-16H2,1H3/q+1. The minimum absolute atomic E-state index is 0.394. The predicted molar refractivity (Wildman–Crippen MR) is 97.8 cm³/mol. The van der Waals surface area contributed by atoms with Crippen molar-refractivity contribution in [3.63, 3.8) is 0 Å². The Balaban J connectivity index is 1.82. The summed E-state index contributed by atoms with van der Waals surface area (Å²) in [5.41, 5.74) is 2.77. The van der Waals surface area contributed by atoms with E-state index < -0.39 is 0 Å². The fraction of sp³-hybridized carbons (Fsp3) is 0.286. The van der Waals surface area contributed by atoms with E-state index in [-0.39, 0.29) is 0 Å². The van der Waals surface area contributed by atoms with Gasteiger partial charge in [-0.05, 0) is 36.3 Å². The van der Waals surface area contributed by atoms with Gasteiger partial charge in [0.2, 0.25) is 6.17 Å². The zero-order valence-corrected chi connectivity index (χ0v) is 13.6. The van der Waals surface area contributed by atoms with Crippen LogP contribution < -0.4 is 0 Å². The number of benzene rings is 2. The van der Waals surface area contributed by atoms with Gasteiger partial charge in [-0.15, -0.1) is 0 Å². The van der Waals surface area contributed by atoms with Crippen LogP contribution in [0.25, 0.3) is 0 Å². The molecule has 23 heavy (non-hydrogen) atoms. The van der Waals surface area contributed by atoms with E-state index >= 15 is 0 Å². The van der Waals surface area contributed by atoms with Gasteiger partial charge in [-0.25, -0.2) is 0 Å². The zero-order chi connectivity index (χ0) is 15.9. The van der Waals surface area contributed by atoms with Crippen LogP contribution in [0.3, 0.4) is 0 Å². The van der Waals surface area contributed by atoms with Crippen LogP contribution in [0.2, 0.25) is 0 Å². The normalized spacial score (nSPS) is 14.6. The Hall–Kier alpha value is -2.35. The van der Waals surface area contributed by atoms with Gasteiger partial charge in [0.25, 0.3) is 0 Å². The van der Waals surface area contributed by atoms with Crippen molar-refractivity contribution in [1.29, 1.82) is 0 Å². The van der Waals surface area contributed by atoms with Crippen molar-refractivity contribution in [3.8, 4) is 0 Å². The van der Waals surface area contributed by atoms with Gasteiger partial charge in [0.1, 0.15) is 0 Å². The maximum Gasteiger partial charge on any atom is 0.244 e. The van der Waals surface area contributed by atoms with E-state index in [1.165, 1.54) is 11.1 Å². The Morgan fingerprint density at radius 1 is 0.783 bits per heavy atom. The number of hydrogen-bond donors (Lipinski definition) is 0. The van der Waals surface area contributed by atoms with Crippen molar-refractivity contribution < 1.29 is 0 Å². The van der Waals surface area contributed by atoms with E-state index in [9.17, 15) is 0 Å². The molecule has 0 amide bonds. The van der Waals surface area contributed by atoms with Gasteiger partial charge < -0.3 is 0 Å². The van der Waals surface area contributed by atoms with Crippen molar-refractivity contribution in [2.24, 2.45) is 21.8 Å². The lowest BCUT2D eigenvalue weighted by Crippen LogP contribution is -2.23. The summed E-state index contributed by atoms with van der Waals surface area (Å²) < 4.78 is 0. The molecule has 0 aliphatic carbocycles. The predicted octanol–water partition coefficient (Wildman–Crippen LogP) is 4.76. The first-order chi connectivity index (χ1) is 11.4. The molecule has 0 radical (unpaired) electrons. The lowest BCUT2D eigenvalue weighted by Gasteiger charge is -2.25. The Labute approximate surface area is 139 Å². The summed E-state index contributed by atoms with van der Waals surface area (Å²) in [7, 11) is 0. The van der Waals surface area contributed by atoms with Crippen molar-refractivity contribution in [3.05, 3.63) is 78.0 Å². The molecule has 3 rings (SSSR count). The molecule has 1 unspecified atom stereocenters. The van der Waals surface area contributed by atoms with Crippen LogP contribution >= 0.6 is 0 Å². The fourth-order valence-electron chi connectivity index (χ4n) is 3.36. The van der Waals surface area contributed by atoms with E-state index in [0.717, 1.165) is 25.4 Å². The topological polar surface area (TPSA) is 24.7 Å². The van der Waals surface area contributed by atoms with E-state index in [4.69, 9.17) is 0 Å². The molecule has 0 bridgehead atoms. The molecule has 0 spiro atoms. The molecule has 2 heteroatoms. The first kappa shape index (κ1) is 15.5. The van der Waals surface area contributed by atoms with Crippen LogP contribution in [0.1, 0.15) is 24.5 Å². The first-order valence-corrected chi connectivity index (χ1v) is 8.38. The summed E-state index contributed by atoms with van der Waals surface area (Å²) in [6, 6.07) is 21.5. The van der Waals surface area contributed by atoms with Crippen molar-refractivity contribution in [2.45, 2.75) is 26.2 Å². The molecule has 1 atom stereocenters. The van der Waals surface area contributed by atoms with Crippen LogP contribution in [0.5, 0.6) is 0 Å². The highest BCUT2D eigenvalue weighted by atomic mass is 15.0. The lowest BCUT2D eigenvalue weighted by atomic mass is 9.79. The van der Waals surface area contributed by atoms with Gasteiger partial charge >= 0.3 is 0 Å². The van der Waals surface area contributed by atoms with Gasteiger partial charge in [0.15, 0.2) is 12.4 Å². The maximum absolute atomic E-state index is 4.48. The number of nitrogens with zero attached hydrogens (tertiary/aromatic N) is 2. The van der Waals surface area contributed by atoms with Crippen molar-refractivity contribution in [2.75, 3.05) is 0 Å². The van der Waals surface area contributed by atoms with Crippen LogP contribution in [0.15, 0.2) is 70.6 Å². The van der Waals surface area contributed by atoms with Crippen LogP contribution in [-0.4, -0.2) is 12.4 Å². The van der Waals surface area contributed by atoms with Crippen LogP contribution in [0.4, 0.5) is 0 Å². The van der Waals surface area contributed by atoms with E-state index in [1.807, 2.05) is 0 Å². The Kier molecular flexibility index (Phi) is 5.25. The molecule has 0 aromatic heterocycles. The Morgan fingerprint density at radius 3 is 1.70 bits per heavy atom. The monoisotopic (exact) mass is 303 g/mol. The zero-order valence-electron chi connectivity index (χ0n) is 13.6. The number of aliphatic imine (C=N–C) groups is 2. The second-order valence-corrected chi connectivity index (χ2v) is 6.07. The van der Waals surface area contributed by atoms with Gasteiger partial charge in [0.05, 0.1) is 5.92 Å². The van der Waals surface area contributed by atoms with E-state index in [2.05, 4.69) is 77.6 Å². The molecular weight excluding hydrogens is 280 g/mol. The molecular formula is C21H23N2+. The van der Waals surface area contributed by atoms with Crippen molar-refractivity contribution >= 4 is 12.4 Å². The Morgan fingerprint density at radius 2 is 1.26 bits per heavy atom. The maximum atomic E-state index is 4.48. The third kappa shape index (κ3) is 4.10. The van der Waals surface area contributed by atoms with Gasteiger partial charge in [-0.1, -0.05) is 77.6 Å². The smallest absolute Gasteiger partial charge is 0.0965 e. The van der Waals surface area contributed by atoms with Crippen LogP contribution in [0, 0.1) is 18.0 Å². The molecule has 116 valence electrons. The third-order valence-electron chi connectivity index (χ3n) is 4.50. The van der Waals surface area contributed by atoms with Gasteiger partial charge in [0, 0.05) is 0 Å². The first-order valence-electron chi connectivity index (χ1n) is 8.38. The summed E-state index contributed by atoms with van der Waals surface area (Å²) in [6.07, 6.45) is 7.78. The fourth-order valence-corrected chi connectivity index (χ4v) is 3.36. The molecule has 2 aromatic rings. The average Bonchev–Trinajstić information content (AvgIpc) is 3.12. The van der Waals surface area contributed by atoms with Gasteiger partial charge in [-0.2, -0.15) is 0 Å². The highest BCUT2D eigenvalue weighted by Crippen LogP contribution is 2.34. The summed E-state index contributed by atoms with van der Waals surface area (Å²) in [6.45, 7) is 2.24.